The molecule has 0 aromatic heterocycles. The second kappa shape index (κ2) is 4.73. The highest BCUT2D eigenvalue weighted by molar-refractivity contribution is 5.79. The van der Waals surface area contributed by atoms with Gasteiger partial charge in [-0.05, 0) is 42.7 Å². The van der Waals surface area contributed by atoms with Crippen molar-refractivity contribution >= 4 is 0 Å². The lowest BCUT2D eigenvalue weighted by Gasteiger charge is -2.11. The van der Waals surface area contributed by atoms with Crippen molar-refractivity contribution in [3.63, 3.8) is 0 Å². The molecule has 0 radical (unpaired) electrons. The average Bonchev–Trinajstić information content (AvgIpc) is 2.41. The summed E-state index contributed by atoms with van der Waals surface area (Å²) in [5, 5.41) is 18.4. The summed E-state index contributed by atoms with van der Waals surface area (Å²) in [5.74, 6) is 0. The summed E-state index contributed by atoms with van der Waals surface area (Å²) in [6.45, 7) is 4.04. The third-order valence-corrected chi connectivity index (χ3v) is 3.18. The van der Waals surface area contributed by atoms with Crippen LogP contribution in [-0.4, -0.2) is 0 Å². The molecule has 0 saturated heterocycles. The Labute approximate surface area is 107 Å². The minimum atomic E-state index is 0.544. The van der Waals surface area contributed by atoms with Gasteiger partial charge >= 0.3 is 0 Å². The van der Waals surface area contributed by atoms with Crippen molar-refractivity contribution < 1.29 is 0 Å². The Balaban J connectivity index is 2.83. The summed E-state index contributed by atoms with van der Waals surface area (Å²) in [5.41, 5.74) is 5.05. The molecule has 0 saturated carbocycles. The molecule has 0 atom stereocenters. The second-order valence-corrected chi connectivity index (χ2v) is 4.20. The number of benzene rings is 2. The molecule has 0 heterocycles. The van der Waals surface area contributed by atoms with Crippen LogP contribution in [0.15, 0.2) is 36.4 Å². The highest BCUT2D eigenvalue weighted by Gasteiger charge is 2.13. The fourth-order valence-corrected chi connectivity index (χ4v) is 2.05. The highest BCUT2D eigenvalue weighted by Crippen LogP contribution is 2.31. The van der Waals surface area contributed by atoms with E-state index in [1.165, 1.54) is 0 Å². The summed E-state index contributed by atoms with van der Waals surface area (Å²) >= 11 is 0. The van der Waals surface area contributed by atoms with Gasteiger partial charge in [0.25, 0.3) is 0 Å². The van der Waals surface area contributed by atoms with Crippen LogP contribution in [0.1, 0.15) is 22.3 Å². The van der Waals surface area contributed by atoms with Gasteiger partial charge in [0.15, 0.2) is 0 Å². The Kier molecular flexibility index (Phi) is 3.13. The molecule has 2 rings (SSSR count). The fraction of sp³-hybridized carbons (Fsp3) is 0.125. The molecule has 0 fully saturated rings. The maximum absolute atomic E-state index is 9.20. The first kappa shape index (κ1) is 11.9. The molecular weight excluding hydrogens is 220 g/mol. The molecule has 2 aromatic carbocycles. The van der Waals surface area contributed by atoms with E-state index in [2.05, 4.69) is 12.1 Å². The van der Waals surface area contributed by atoms with E-state index >= 15 is 0 Å². The summed E-state index contributed by atoms with van der Waals surface area (Å²) in [6.07, 6.45) is 0. The van der Waals surface area contributed by atoms with E-state index in [0.717, 1.165) is 22.3 Å². The molecule has 0 aliphatic carbocycles. The van der Waals surface area contributed by atoms with Gasteiger partial charge in [-0.2, -0.15) is 10.5 Å². The SMILES string of the molecule is Cc1cccc(-c2c(C#N)cccc2C#N)c1C. The van der Waals surface area contributed by atoms with Crippen molar-refractivity contribution in [3.05, 3.63) is 58.7 Å². The second-order valence-electron chi connectivity index (χ2n) is 4.20. The summed E-state index contributed by atoms with van der Waals surface area (Å²) < 4.78 is 0. The molecule has 0 amide bonds. The van der Waals surface area contributed by atoms with Gasteiger partial charge in [-0.25, -0.2) is 0 Å². The van der Waals surface area contributed by atoms with E-state index in [9.17, 15) is 10.5 Å². The third kappa shape index (κ3) is 1.85. The topological polar surface area (TPSA) is 47.6 Å². The molecular formula is C16H12N2. The van der Waals surface area contributed by atoms with Gasteiger partial charge in [0.2, 0.25) is 0 Å². The van der Waals surface area contributed by atoms with Gasteiger partial charge in [-0.15, -0.1) is 0 Å². The van der Waals surface area contributed by atoms with E-state index in [1.54, 1.807) is 18.2 Å². The lowest BCUT2D eigenvalue weighted by molar-refractivity contribution is 1.33. The van der Waals surface area contributed by atoms with Crippen LogP contribution in [0.3, 0.4) is 0 Å². The van der Waals surface area contributed by atoms with E-state index < -0.39 is 0 Å². The molecule has 0 aliphatic rings. The summed E-state index contributed by atoms with van der Waals surface area (Å²) in [4.78, 5) is 0. The third-order valence-electron chi connectivity index (χ3n) is 3.18. The average molecular weight is 232 g/mol. The van der Waals surface area contributed by atoms with Crippen LogP contribution >= 0.6 is 0 Å². The molecule has 0 aliphatic heterocycles. The maximum atomic E-state index is 9.20. The summed E-state index contributed by atoms with van der Waals surface area (Å²) in [7, 11) is 0. The predicted octanol–water partition coefficient (Wildman–Crippen LogP) is 3.71. The van der Waals surface area contributed by atoms with Crippen LogP contribution < -0.4 is 0 Å². The van der Waals surface area contributed by atoms with Gasteiger partial charge in [0.1, 0.15) is 0 Å². The van der Waals surface area contributed by atoms with E-state index in [0.29, 0.717) is 11.1 Å². The first-order valence-electron chi connectivity index (χ1n) is 5.69. The Morgan fingerprint density at radius 1 is 0.833 bits per heavy atom. The maximum Gasteiger partial charge on any atom is 0.0998 e. The molecule has 0 spiro atoms. The number of nitriles is 2. The lowest BCUT2D eigenvalue weighted by Crippen LogP contribution is -1.93. The minimum absolute atomic E-state index is 0.544. The van der Waals surface area contributed by atoms with E-state index in [4.69, 9.17) is 0 Å². The van der Waals surface area contributed by atoms with Gasteiger partial charge < -0.3 is 0 Å². The zero-order valence-electron chi connectivity index (χ0n) is 10.4. The lowest BCUT2D eigenvalue weighted by atomic mass is 9.91. The molecule has 18 heavy (non-hydrogen) atoms. The molecule has 86 valence electrons. The largest absolute Gasteiger partial charge is 0.192 e. The minimum Gasteiger partial charge on any atom is -0.192 e. The molecule has 2 nitrogen and oxygen atoms in total. The molecule has 2 heteroatoms. The number of hydrogen-bond acceptors (Lipinski definition) is 2. The van der Waals surface area contributed by atoms with Gasteiger partial charge in [-0.3, -0.25) is 0 Å². The van der Waals surface area contributed by atoms with Crippen molar-refractivity contribution in [3.8, 4) is 23.3 Å². The molecule has 0 N–H and O–H groups in total. The van der Waals surface area contributed by atoms with Crippen LogP contribution in [0.25, 0.3) is 11.1 Å². The number of rotatable bonds is 1. The fourth-order valence-electron chi connectivity index (χ4n) is 2.05. The van der Waals surface area contributed by atoms with Crippen molar-refractivity contribution in [2.45, 2.75) is 13.8 Å². The Morgan fingerprint density at radius 3 is 1.94 bits per heavy atom. The quantitative estimate of drug-likeness (QED) is 0.752. The van der Waals surface area contributed by atoms with Crippen molar-refractivity contribution in [2.75, 3.05) is 0 Å². The van der Waals surface area contributed by atoms with Crippen LogP contribution in [-0.2, 0) is 0 Å². The first-order valence-corrected chi connectivity index (χ1v) is 5.69. The normalized spacial score (nSPS) is 9.56. The van der Waals surface area contributed by atoms with Gasteiger partial charge in [-0.1, -0.05) is 24.3 Å². The monoisotopic (exact) mass is 232 g/mol. The van der Waals surface area contributed by atoms with Crippen LogP contribution in [0.5, 0.6) is 0 Å². The van der Waals surface area contributed by atoms with Crippen LogP contribution in [0.4, 0.5) is 0 Å². The summed E-state index contributed by atoms with van der Waals surface area (Å²) in [6, 6.07) is 15.5. The number of nitrogens with zero attached hydrogens (tertiary/aromatic N) is 2. The Hall–Kier alpha value is -2.58. The molecule has 0 unspecified atom stereocenters. The predicted molar refractivity (Wildman–Crippen MR) is 70.8 cm³/mol. The van der Waals surface area contributed by atoms with E-state index in [-0.39, 0.29) is 0 Å². The first-order chi connectivity index (χ1) is 8.69. The van der Waals surface area contributed by atoms with Crippen LogP contribution in [0, 0.1) is 36.5 Å². The number of hydrogen-bond donors (Lipinski definition) is 0. The van der Waals surface area contributed by atoms with Crippen molar-refractivity contribution in [1.82, 2.24) is 0 Å². The number of aryl methyl sites for hydroxylation is 1. The standard InChI is InChI=1S/C16H12N2/c1-11-5-3-8-15(12(11)2)16-13(9-17)6-4-7-14(16)10-18/h3-8H,1-2H3. The Morgan fingerprint density at radius 2 is 1.39 bits per heavy atom. The van der Waals surface area contributed by atoms with Gasteiger partial charge in [0, 0.05) is 5.56 Å². The molecule has 2 aromatic rings. The Bertz CT molecular complexity index is 653. The zero-order chi connectivity index (χ0) is 13.1. The van der Waals surface area contributed by atoms with Crippen molar-refractivity contribution in [2.24, 2.45) is 0 Å². The zero-order valence-corrected chi connectivity index (χ0v) is 10.4. The van der Waals surface area contributed by atoms with Gasteiger partial charge in [0.05, 0.1) is 23.3 Å². The van der Waals surface area contributed by atoms with E-state index in [1.807, 2.05) is 32.0 Å². The highest BCUT2D eigenvalue weighted by atomic mass is 14.3. The van der Waals surface area contributed by atoms with Crippen molar-refractivity contribution in [1.29, 1.82) is 10.5 Å². The van der Waals surface area contributed by atoms with Crippen LogP contribution in [0.2, 0.25) is 0 Å². The smallest absolute Gasteiger partial charge is 0.0998 e. The molecule has 0 bridgehead atoms.